The Morgan fingerprint density at radius 1 is 1.30 bits per heavy atom. The molecule has 1 fully saturated rings. The summed E-state index contributed by atoms with van der Waals surface area (Å²) in [5.41, 5.74) is 0.207. The summed E-state index contributed by atoms with van der Waals surface area (Å²) in [6.45, 7) is 0.802. The van der Waals surface area contributed by atoms with Crippen LogP contribution in [-0.2, 0) is 14.3 Å². The maximum atomic E-state index is 12.1. The maximum Gasteiger partial charge on any atom is 0.342 e. The van der Waals surface area contributed by atoms with Gasteiger partial charge in [-0.2, -0.15) is 0 Å². The van der Waals surface area contributed by atoms with E-state index in [2.05, 4.69) is 5.32 Å². The molecule has 7 nitrogen and oxygen atoms in total. The van der Waals surface area contributed by atoms with Gasteiger partial charge in [0.25, 0.3) is 5.91 Å². The topological polar surface area (TPSA) is 83.1 Å². The van der Waals surface area contributed by atoms with Gasteiger partial charge in [-0.3, -0.25) is 4.79 Å². The largest absolute Gasteiger partial charge is 0.493 e. The van der Waals surface area contributed by atoms with Gasteiger partial charge in [-0.1, -0.05) is 6.07 Å². The molecule has 126 valence electrons. The zero-order chi connectivity index (χ0) is 16.7. The van der Waals surface area contributed by atoms with E-state index in [-0.39, 0.29) is 29.9 Å². The second-order valence-corrected chi connectivity index (χ2v) is 5.06. The first kappa shape index (κ1) is 17.1. The quantitative estimate of drug-likeness (QED) is 0.758. The summed E-state index contributed by atoms with van der Waals surface area (Å²) in [5, 5.41) is 2.69. The summed E-state index contributed by atoms with van der Waals surface area (Å²) in [6.07, 6.45) is 1.99. The van der Waals surface area contributed by atoms with Crippen molar-refractivity contribution in [3.05, 3.63) is 23.8 Å². The number of hydrogen-bond acceptors (Lipinski definition) is 6. The number of methoxy groups -OCH3 is 2. The van der Waals surface area contributed by atoms with Crippen molar-refractivity contribution in [1.29, 1.82) is 0 Å². The number of esters is 1. The van der Waals surface area contributed by atoms with Crippen molar-refractivity contribution < 1.29 is 28.5 Å². The molecular weight excluding hydrogens is 302 g/mol. The van der Waals surface area contributed by atoms with Crippen molar-refractivity contribution in [3.8, 4) is 11.5 Å². The predicted octanol–water partition coefficient (Wildman–Crippen LogP) is 1.16. The second kappa shape index (κ2) is 8.38. The van der Waals surface area contributed by atoms with Crippen LogP contribution in [0.1, 0.15) is 23.2 Å². The van der Waals surface area contributed by atoms with Crippen molar-refractivity contribution >= 4 is 11.9 Å². The Hall–Kier alpha value is -2.28. The molecule has 0 bridgehead atoms. The fraction of sp³-hybridized carbons (Fsp3) is 0.500. The van der Waals surface area contributed by atoms with Crippen LogP contribution in [0.2, 0.25) is 0 Å². The maximum absolute atomic E-state index is 12.1. The van der Waals surface area contributed by atoms with Crippen LogP contribution in [0.25, 0.3) is 0 Å². The Bertz CT molecular complexity index is 554. The summed E-state index contributed by atoms with van der Waals surface area (Å²) >= 11 is 0. The van der Waals surface area contributed by atoms with E-state index >= 15 is 0 Å². The van der Waals surface area contributed by atoms with Gasteiger partial charge < -0.3 is 24.3 Å². The standard InChI is InChI=1S/C16H21NO6/c1-20-13-7-3-6-12(15(13)21-2)16(19)23-10-14(18)17-9-11-5-4-8-22-11/h3,6-7,11H,4-5,8-10H2,1-2H3,(H,17,18)/t11-/m1/s1. The summed E-state index contributed by atoms with van der Waals surface area (Å²) < 4.78 is 20.7. The molecule has 23 heavy (non-hydrogen) atoms. The van der Waals surface area contributed by atoms with Gasteiger partial charge in [-0.05, 0) is 25.0 Å². The highest BCUT2D eigenvalue weighted by Gasteiger charge is 2.20. The number of hydrogen-bond donors (Lipinski definition) is 1. The Balaban J connectivity index is 1.85. The van der Waals surface area contributed by atoms with E-state index in [4.69, 9.17) is 18.9 Å². The first-order chi connectivity index (χ1) is 11.2. The first-order valence-electron chi connectivity index (χ1n) is 7.42. The zero-order valence-corrected chi connectivity index (χ0v) is 13.3. The summed E-state index contributed by atoms with van der Waals surface area (Å²) in [4.78, 5) is 23.8. The summed E-state index contributed by atoms with van der Waals surface area (Å²) in [7, 11) is 2.91. The molecule has 0 aromatic heterocycles. The highest BCUT2D eigenvalue weighted by atomic mass is 16.5. The van der Waals surface area contributed by atoms with Crippen LogP contribution in [0, 0.1) is 0 Å². The lowest BCUT2D eigenvalue weighted by atomic mass is 10.2. The van der Waals surface area contributed by atoms with E-state index in [9.17, 15) is 9.59 Å². The molecule has 1 amide bonds. The third-order valence-corrected chi connectivity index (χ3v) is 3.51. The van der Waals surface area contributed by atoms with Gasteiger partial charge in [0.2, 0.25) is 0 Å². The minimum absolute atomic E-state index is 0.0492. The molecular formula is C16H21NO6. The van der Waals surface area contributed by atoms with E-state index in [1.165, 1.54) is 14.2 Å². The molecule has 0 spiro atoms. The average molecular weight is 323 g/mol. The van der Waals surface area contributed by atoms with E-state index in [0.717, 1.165) is 19.4 Å². The van der Waals surface area contributed by atoms with Gasteiger partial charge in [-0.15, -0.1) is 0 Å². The van der Waals surface area contributed by atoms with Gasteiger partial charge in [-0.25, -0.2) is 4.79 Å². The van der Waals surface area contributed by atoms with Gasteiger partial charge in [0.15, 0.2) is 18.1 Å². The highest BCUT2D eigenvalue weighted by Crippen LogP contribution is 2.30. The first-order valence-corrected chi connectivity index (χ1v) is 7.42. The average Bonchev–Trinajstić information content (AvgIpc) is 3.10. The summed E-state index contributed by atoms with van der Waals surface area (Å²) in [5.74, 6) is -0.312. The molecule has 2 rings (SSSR count). The van der Waals surface area contributed by atoms with Crippen molar-refractivity contribution in [2.45, 2.75) is 18.9 Å². The molecule has 1 aliphatic rings. The normalized spacial score (nSPS) is 16.7. The SMILES string of the molecule is COc1cccc(C(=O)OCC(=O)NC[C@H]2CCCO2)c1OC. The molecule has 0 aliphatic carbocycles. The van der Waals surface area contributed by atoms with Crippen molar-refractivity contribution in [2.24, 2.45) is 0 Å². The van der Waals surface area contributed by atoms with Gasteiger partial charge >= 0.3 is 5.97 Å². The molecule has 1 atom stereocenters. The van der Waals surface area contributed by atoms with Gasteiger partial charge in [0.05, 0.1) is 20.3 Å². The number of carbonyl (C=O) groups excluding carboxylic acids is 2. The molecule has 0 radical (unpaired) electrons. The highest BCUT2D eigenvalue weighted by molar-refractivity contribution is 5.94. The third-order valence-electron chi connectivity index (χ3n) is 3.51. The number of ether oxygens (including phenoxy) is 4. The van der Waals surface area contributed by atoms with Crippen molar-refractivity contribution in [2.75, 3.05) is 34.0 Å². The molecule has 1 N–H and O–H groups in total. The van der Waals surface area contributed by atoms with E-state index in [1.54, 1.807) is 18.2 Å². The Labute approximate surface area is 134 Å². The van der Waals surface area contributed by atoms with Crippen LogP contribution >= 0.6 is 0 Å². The van der Waals surface area contributed by atoms with Crippen LogP contribution in [-0.4, -0.2) is 52.0 Å². The van der Waals surface area contributed by atoms with Crippen LogP contribution in [0.4, 0.5) is 0 Å². The third kappa shape index (κ3) is 4.59. The lowest BCUT2D eigenvalue weighted by Gasteiger charge is -2.13. The van der Waals surface area contributed by atoms with Crippen LogP contribution in [0.3, 0.4) is 0 Å². The van der Waals surface area contributed by atoms with E-state index in [1.807, 2.05) is 0 Å². The molecule has 7 heteroatoms. The molecule has 1 saturated heterocycles. The molecule has 1 aliphatic heterocycles. The Morgan fingerprint density at radius 2 is 2.13 bits per heavy atom. The number of para-hydroxylation sites is 1. The molecule has 1 heterocycles. The molecule has 0 saturated carbocycles. The molecule has 0 unspecified atom stereocenters. The monoisotopic (exact) mass is 323 g/mol. The van der Waals surface area contributed by atoms with Crippen LogP contribution < -0.4 is 14.8 Å². The van der Waals surface area contributed by atoms with Gasteiger partial charge in [0, 0.05) is 13.2 Å². The van der Waals surface area contributed by atoms with E-state index < -0.39 is 5.97 Å². The Kier molecular flexibility index (Phi) is 6.22. The molecule has 1 aromatic carbocycles. The predicted molar refractivity (Wildman–Crippen MR) is 81.8 cm³/mol. The fourth-order valence-electron chi connectivity index (χ4n) is 2.34. The number of amides is 1. The van der Waals surface area contributed by atoms with Crippen molar-refractivity contribution in [1.82, 2.24) is 5.32 Å². The number of benzene rings is 1. The zero-order valence-electron chi connectivity index (χ0n) is 13.3. The minimum atomic E-state index is -0.645. The van der Waals surface area contributed by atoms with E-state index in [0.29, 0.717) is 12.3 Å². The Morgan fingerprint density at radius 3 is 2.78 bits per heavy atom. The lowest BCUT2D eigenvalue weighted by Crippen LogP contribution is -2.34. The van der Waals surface area contributed by atoms with Crippen molar-refractivity contribution in [3.63, 3.8) is 0 Å². The second-order valence-electron chi connectivity index (χ2n) is 5.06. The fourth-order valence-corrected chi connectivity index (χ4v) is 2.34. The van der Waals surface area contributed by atoms with Crippen LogP contribution in [0.15, 0.2) is 18.2 Å². The smallest absolute Gasteiger partial charge is 0.342 e. The minimum Gasteiger partial charge on any atom is -0.493 e. The number of carbonyl (C=O) groups is 2. The number of rotatable bonds is 7. The molecule has 1 aromatic rings. The van der Waals surface area contributed by atoms with Crippen LogP contribution in [0.5, 0.6) is 11.5 Å². The lowest BCUT2D eigenvalue weighted by molar-refractivity contribution is -0.124. The van der Waals surface area contributed by atoms with Gasteiger partial charge in [0.1, 0.15) is 5.56 Å². The number of nitrogens with one attached hydrogen (secondary N) is 1. The summed E-state index contributed by atoms with van der Waals surface area (Å²) in [6, 6.07) is 4.87.